The van der Waals surface area contributed by atoms with Gasteiger partial charge in [-0.3, -0.25) is 14.5 Å². The van der Waals surface area contributed by atoms with Gasteiger partial charge in [-0.1, -0.05) is 0 Å². The molecule has 3 heterocycles. The monoisotopic (exact) mass is 341 g/mol. The highest BCUT2D eigenvalue weighted by molar-refractivity contribution is 6.01. The van der Waals surface area contributed by atoms with Crippen molar-refractivity contribution in [2.75, 3.05) is 38.1 Å². The Morgan fingerprint density at radius 1 is 1.28 bits per heavy atom. The zero-order valence-electron chi connectivity index (χ0n) is 14.2. The number of likely N-dealkylation sites (tertiary alicyclic amines) is 1. The third kappa shape index (κ3) is 2.83. The molecule has 1 aromatic rings. The van der Waals surface area contributed by atoms with Crippen molar-refractivity contribution in [3.63, 3.8) is 0 Å². The van der Waals surface area contributed by atoms with Crippen LogP contribution in [0, 0.1) is 5.92 Å². The molecule has 25 heavy (non-hydrogen) atoms. The zero-order valence-corrected chi connectivity index (χ0v) is 14.2. The summed E-state index contributed by atoms with van der Waals surface area (Å²) in [6.45, 7) is 4.30. The van der Waals surface area contributed by atoms with E-state index in [1.54, 1.807) is 0 Å². The number of fused-ring (bicyclic) bond motifs is 2. The van der Waals surface area contributed by atoms with Gasteiger partial charge in [0.2, 0.25) is 5.91 Å². The number of rotatable bonds is 3. The third-order valence-electron chi connectivity index (χ3n) is 5.87. The minimum absolute atomic E-state index is 0.00379. The van der Waals surface area contributed by atoms with Gasteiger partial charge in [0.15, 0.2) is 0 Å². The second-order valence-corrected chi connectivity index (χ2v) is 7.72. The van der Waals surface area contributed by atoms with E-state index < -0.39 is 0 Å². The van der Waals surface area contributed by atoms with Crippen LogP contribution in [-0.4, -0.2) is 66.5 Å². The van der Waals surface area contributed by atoms with Gasteiger partial charge in [0.25, 0.3) is 5.91 Å². The number of nitrogens with zero attached hydrogens (tertiary/aromatic N) is 2. The highest BCUT2D eigenvalue weighted by Crippen LogP contribution is 2.33. The van der Waals surface area contributed by atoms with Gasteiger partial charge in [-0.2, -0.15) is 0 Å². The first-order valence-electron chi connectivity index (χ1n) is 9.25. The number of ether oxygens (including phenoxy) is 1. The summed E-state index contributed by atoms with van der Waals surface area (Å²) >= 11 is 0. The molecule has 0 bridgehead atoms. The molecule has 0 unspecified atom stereocenters. The van der Waals surface area contributed by atoms with Gasteiger partial charge in [0.1, 0.15) is 0 Å². The van der Waals surface area contributed by atoms with Gasteiger partial charge in [-0.25, -0.2) is 0 Å². The first-order chi connectivity index (χ1) is 12.2. The summed E-state index contributed by atoms with van der Waals surface area (Å²) in [5, 5.41) is 2.81. The Hall–Kier alpha value is -1.92. The topological polar surface area (TPSA) is 61.9 Å². The molecule has 0 aromatic heterocycles. The van der Waals surface area contributed by atoms with Crippen LogP contribution in [0.4, 0.5) is 5.69 Å². The van der Waals surface area contributed by atoms with Gasteiger partial charge < -0.3 is 15.0 Å². The van der Waals surface area contributed by atoms with Crippen molar-refractivity contribution in [2.24, 2.45) is 5.92 Å². The van der Waals surface area contributed by atoms with E-state index in [4.69, 9.17) is 4.74 Å². The molecule has 132 valence electrons. The number of morpholine rings is 1. The zero-order chi connectivity index (χ0) is 17.0. The van der Waals surface area contributed by atoms with Crippen LogP contribution in [0.2, 0.25) is 0 Å². The minimum atomic E-state index is -0.00379. The van der Waals surface area contributed by atoms with E-state index in [-0.39, 0.29) is 17.9 Å². The molecule has 1 N–H and O–H groups in total. The first kappa shape index (κ1) is 15.3. The fourth-order valence-electron chi connectivity index (χ4n) is 4.33. The van der Waals surface area contributed by atoms with E-state index >= 15 is 0 Å². The minimum Gasteiger partial charge on any atom is -0.373 e. The van der Waals surface area contributed by atoms with Crippen LogP contribution in [0.1, 0.15) is 28.8 Å². The average Bonchev–Trinajstić information content (AvgIpc) is 3.17. The lowest BCUT2D eigenvalue weighted by Crippen LogP contribution is -2.51. The Kier molecular flexibility index (Phi) is 3.57. The molecule has 1 aliphatic carbocycles. The molecular weight excluding hydrogens is 318 g/mol. The summed E-state index contributed by atoms with van der Waals surface area (Å²) in [6, 6.07) is 5.85. The molecule has 2 saturated heterocycles. The molecule has 6 heteroatoms. The van der Waals surface area contributed by atoms with E-state index in [1.807, 2.05) is 23.1 Å². The largest absolute Gasteiger partial charge is 0.373 e. The van der Waals surface area contributed by atoms with Crippen LogP contribution in [0.5, 0.6) is 0 Å². The van der Waals surface area contributed by atoms with E-state index in [1.165, 1.54) is 12.8 Å². The molecule has 4 aliphatic rings. The lowest BCUT2D eigenvalue weighted by molar-refractivity contribution is -0.115. The summed E-state index contributed by atoms with van der Waals surface area (Å²) in [4.78, 5) is 28.9. The molecular formula is C19H23N3O3. The van der Waals surface area contributed by atoms with Gasteiger partial charge in [0, 0.05) is 37.4 Å². The number of hydrogen-bond acceptors (Lipinski definition) is 4. The summed E-state index contributed by atoms with van der Waals surface area (Å²) < 4.78 is 5.95. The van der Waals surface area contributed by atoms with Gasteiger partial charge in [-0.15, -0.1) is 0 Å². The molecule has 3 fully saturated rings. The van der Waals surface area contributed by atoms with Crippen molar-refractivity contribution < 1.29 is 14.3 Å². The molecule has 3 aliphatic heterocycles. The van der Waals surface area contributed by atoms with Crippen molar-refractivity contribution in [1.29, 1.82) is 0 Å². The Morgan fingerprint density at radius 3 is 3.00 bits per heavy atom. The maximum Gasteiger partial charge on any atom is 0.254 e. The molecule has 1 aromatic carbocycles. The predicted octanol–water partition coefficient (Wildman–Crippen LogP) is 1.12. The molecule has 0 spiro atoms. The summed E-state index contributed by atoms with van der Waals surface area (Å²) in [5.41, 5.74) is 2.41. The Labute approximate surface area is 147 Å². The Bertz CT molecular complexity index is 731. The number of benzene rings is 1. The van der Waals surface area contributed by atoms with Crippen LogP contribution in [0.15, 0.2) is 18.2 Å². The van der Waals surface area contributed by atoms with E-state index in [9.17, 15) is 9.59 Å². The molecule has 5 rings (SSSR count). The van der Waals surface area contributed by atoms with Crippen molar-refractivity contribution in [3.8, 4) is 0 Å². The van der Waals surface area contributed by atoms with Crippen LogP contribution < -0.4 is 5.32 Å². The van der Waals surface area contributed by atoms with E-state index in [0.29, 0.717) is 24.6 Å². The maximum absolute atomic E-state index is 13.0. The van der Waals surface area contributed by atoms with Crippen LogP contribution in [0.25, 0.3) is 0 Å². The van der Waals surface area contributed by atoms with Crippen molar-refractivity contribution in [2.45, 2.75) is 31.4 Å². The average molecular weight is 341 g/mol. The molecule has 2 amide bonds. The number of amides is 2. The molecule has 0 radical (unpaired) electrons. The van der Waals surface area contributed by atoms with Gasteiger partial charge >= 0.3 is 0 Å². The van der Waals surface area contributed by atoms with Crippen LogP contribution >= 0.6 is 0 Å². The number of carbonyl (C=O) groups is 2. The van der Waals surface area contributed by atoms with Gasteiger partial charge in [0.05, 0.1) is 25.2 Å². The second-order valence-electron chi connectivity index (χ2n) is 7.72. The Morgan fingerprint density at radius 2 is 2.16 bits per heavy atom. The lowest BCUT2D eigenvalue weighted by atomic mass is 10.1. The van der Waals surface area contributed by atoms with Crippen LogP contribution in [-0.2, 0) is 16.0 Å². The summed E-state index contributed by atoms with van der Waals surface area (Å²) in [5.74, 6) is 0.896. The fraction of sp³-hybridized carbons (Fsp3) is 0.579. The Balaban J connectivity index is 1.31. The number of hydrogen-bond donors (Lipinski definition) is 1. The SMILES string of the molecule is O=C1Cc2cc(C(=O)N3C[C@@H]4OCCN(CC5CC5)[C@@H]4C3)ccc2N1. The first-order valence-corrected chi connectivity index (χ1v) is 9.25. The number of anilines is 1. The highest BCUT2D eigenvalue weighted by Gasteiger charge is 2.43. The number of nitrogens with one attached hydrogen (secondary N) is 1. The summed E-state index contributed by atoms with van der Waals surface area (Å²) in [6.07, 6.45) is 3.19. The molecule has 6 nitrogen and oxygen atoms in total. The quantitative estimate of drug-likeness (QED) is 0.895. The van der Waals surface area contributed by atoms with E-state index in [0.717, 1.165) is 43.4 Å². The molecule has 2 atom stereocenters. The molecule has 1 saturated carbocycles. The third-order valence-corrected chi connectivity index (χ3v) is 5.87. The normalized spacial score (nSPS) is 28.6. The smallest absolute Gasteiger partial charge is 0.254 e. The van der Waals surface area contributed by atoms with Gasteiger partial charge in [-0.05, 0) is 42.5 Å². The second kappa shape index (κ2) is 5.81. The lowest BCUT2D eigenvalue weighted by Gasteiger charge is -2.36. The fourth-order valence-corrected chi connectivity index (χ4v) is 4.33. The highest BCUT2D eigenvalue weighted by atomic mass is 16.5. The van der Waals surface area contributed by atoms with Crippen molar-refractivity contribution >= 4 is 17.5 Å². The van der Waals surface area contributed by atoms with Crippen molar-refractivity contribution in [1.82, 2.24) is 9.80 Å². The van der Waals surface area contributed by atoms with Crippen LogP contribution in [0.3, 0.4) is 0 Å². The van der Waals surface area contributed by atoms with Crippen molar-refractivity contribution in [3.05, 3.63) is 29.3 Å². The van der Waals surface area contributed by atoms with E-state index in [2.05, 4.69) is 10.2 Å². The maximum atomic E-state index is 13.0. The predicted molar refractivity (Wildman–Crippen MR) is 92.5 cm³/mol. The standard InChI is InChI=1S/C19H23N3O3/c23-18-8-14-7-13(3-4-15(14)20-18)19(24)22-10-16-17(11-22)25-6-5-21(16)9-12-1-2-12/h3-4,7,12,16-17H,1-2,5-6,8-11H2,(H,20,23)/t16-,17+/m1/s1. The summed E-state index contributed by atoms with van der Waals surface area (Å²) in [7, 11) is 0. The number of carbonyl (C=O) groups excluding carboxylic acids is 2.